The molecule has 0 spiro atoms. The van der Waals surface area contributed by atoms with E-state index in [2.05, 4.69) is 21.7 Å². The number of pyridine rings is 1. The molecule has 3 aromatic rings. The Balaban J connectivity index is 1.93. The Hall–Kier alpha value is -2.18. The fourth-order valence-electron chi connectivity index (χ4n) is 2.80. The van der Waals surface area contributed by atoms with Crippen LogP contribution in [0.3, 0.4) is 0 Å². The molecule has 2 N–H and O–H groups in total. The lowest BCUT2D eigenvalue weighted by Gasteiger charge is -2.25. The average molecular weight is 372 g/mol. The molecule has 130 valence electrons. The van der Waals surface area contributed by atoms with Gasteiger partial charge in [-0.1, -0.05) is 24.3 Å². The number of aromatic amines is 1. The maximum atomic E-state index is 12.6. The number of rotatable bonds is 5. The lowest BCUT2D eigenvalue weighted by atomic mass is 10.1. The number of thiocarbonyl (C=S) groups is 1. The number of aryl methyl sites for hydroxylation is 1. The minimum atomic E-state index is -0.0581. The second-order valence-electron chi connectivity index (χ2n) is 5.93. The van der Waals surface area contributed by atoms with Gasteiger partial charge in [-0.05, 0) is 54.5 Å². The van der Waals surface area contributed by atoms with Gasteiger partial charge in [0.1, 0.15) is 0 Å². The summed E-state index contributed by atoms with van der Waals surface area (Å²) in [5, 5.41) is 6.95. The van der Waals surface area contributed by atoms with Crippen LogP contribution in [0.2, 0.25) is 0 Å². The first-order valence-corrected chi connectivity index (χ1v) is 9.54. The van der Waals surface area contributed by atoms with Gasteiger partial charge in [0.2, 0.25) is 0 Å². The molecule has 0 radical (unpaired) electrons. The van der Waals surface area contributed by atoms with E-state index < -0.39 is 0 Å². The highest BCUT2D eigenvalue weighted by atomic mass is 32.1. The summed E-state index contributed by atoms with van der Waals surface area (Å²) in [6.45, 7) is 5.94. The van der Waals surface area contributed by atoms with Crippen molar-refractivity contribution in [2.75, 3.05) is 6.54 Å². The summed E-state index contributed by atoms with van der Waals surface area (Å²) in [5.74, 6) is 0. The van der Waals surface area contributed by atoms with Gasteiger partial charge < -0.3 is 15.2 Å². The van der Waals surface area contributed by atoms with E-state index in [-0.39, 0.29) is 5.56 Å². The molecule has 0 atom stereocenters. The van der Waals surface area contributed by atoms with Crippen molar-refractivity contribution in [1.29, 1.82) is 0 Å². The van der Waals surface area contributed by atoms with Gasteiger partial charge in [-0.3, -0.25) is 4.79 Å². The molecule has 25 heavy (non-hydrogen) atoms. The second-order valence-corrected chi connectivity index (χ2v) is 7.35. The Morgan fingerprint density at radius 2 is 2.12 bits per heavy atom. The highest BCUT2D eigenvalue weighted by Crippen LogP contribution is 2.17. The molecule has 0 amide bonds. The molecule has 0 aliphatic rings. The van der Waals surface area contributed by atoms with Crippen LogP contribution in [-0.2, 0) is 13.1 Å². The van der Waals surface area contributed by atoms with Crippen molar-refractivity contribution < 1.29 is 0 Å². The standard InChI is InChI=1S/C19H21N3OS2/c1-3-20-19(24)22(12-16-8-5-9-25-16)11-15-10-14-7-4-6-13(2)17(14)21-18(15)23/h4-10H,3,11-12H2,1-2H3,(H,20,24)(H,21,23). The first-order chi connectivity index (χ1) is 12.1. The van der Waals surface area contributed by atoms with Gasteiger partial charge in [0.05, 0.1) is 18.6 Å². The number of benzene rings is 1. The Kier molecular flexibility index (Phi) is 5.50. The van der Waals surface area contributed by atoms with Crippen LogP contribution in [0, 0.1) is 6.92 Å². The van der Waals surface area contributed by atoms with Crippen molar-refractivity contribution in [2.45, 2.75) is 26.9 Å². The summed E-state index contributed by atoms with van der Waals surface area (Å²) in [6, 6.07) is 12.1. The first kappa shape index (κ1) is 17.6. The van der Waals surface area contributed by atoms with Crippen molar-refractivity contribution in [3.05, 3.63) is 68.1 Å². The van der Waals surface area contributed by atoms with Gasteiger partial charge in [0.15, 0.2) is 5.11 Å². The summed E-state index contributed by atoms with van der Waals surface area (Å²) >= 11 is 7.20. The van der Waals surface area contributed by atoms with Crippen LogP contribution < -0.4 is 10.9 Å². The molecule has 0 unspecified atom stereocenters. The molecule has 0 aliphatic carbocycles. The molecule has 6 heteroatoms. The van der Waals surface area contributed by atoms with E-state index in [9.17, 15) is 4.79 Å². The van der Waals surface area contributed by atoms with E-state index in [4.69, 9.17) is 12.2 Å². The minimum Gasteiger partial charge on any atom is -0.363 e. The molecule has 4 nitrogen and oxygen atoms in total. The van der Waals surface area contributed by atoms with Crippen LogP contribution in [0.25, 0.3) is 10.9 Å². The number of para-hydroxylation sites is 1. The van der Waals surface area contributed by atoms with Gasteiger partial charge in [-0.15, -0.1) is 11.3 Å². The molecular weight excluding hydrogens is 350 g/mol. The number of aromatic nitrogens is 1. The van der Waals surface area contributed by atoms with E-state index in [1.807, 2.05) is 49.1 Å². The second kappa shape index (κ2) is 7.80. The zero-order valence-corrected chi connectivity index (χ0v) is 16.0. The van der Waals surface area contributed by atoms with Crippen LogP contribution in [0.5, 0.6) is 0 Å². The van der Waals surface area contributed by atoms with Crippen molar-refractivity contribution in [2.24, 2.45) is 0 Å². The number of hydrogen-bond donors (Lipinski definition) is 2. The maximum absolute atomic E-state index is 12.6. The molecule has 1 aromatic carbocycles. The van der Waals surface area contributed by atoms with E-state index >= 15 is 0 Å². The fraction of sp³-hybridized carbons (Fsp3) is 0.263. The maximum Gasteiger partial charge on any atom is 0.253 e. The smallest absolute Gasteiger partial charge is 0.253 e. The normalized spacial score (nSPS) is 10.8. The lowest BCUT2D eigenvalue weighted by molar-refractivity contribution is 0.402. The van der Waals surface area contributed by atoms with E-state index in [0.717, 1.165) is 28.6 Å². The van der Waals surface area contributed by atoms with E-state index in [1.165, 1.54) is 4.88 Å². The first-order valence-electron chi connectivity index (χ1n) is 8.25. The van der Waals surface area contributed by atoms with E-state index in [0.29, 0.717) is 18.2 Å². The van der Waals surface area contributed by atoms with Crippen LogP contribution in [-0.4, -0.2) is 21.5 Å². The number of nitrogens with one attached hydrogen (secondary N) is 2. The van der Waals surface area contributed by atoms with Crippen LogP contribution >= 0.6 is 23.6 Å². The zero-order valence-electron chi connectivity index (χ0n) is 14.3. The fourth-order valence-corrected chi connectivity index (χ4v) is 3.80. The van der Waals surface area contributed by atoms with Gasteiger partial charge in [0, 0.05) is 17.0 Å². The molecule has 2 aromatic heterocycles. The molecule has 3 rings (SSSR count). The van der Waals surface area contributed by atoms with Crippen LogP contribution in [0.4, 0.5) is 0 Å². The lowest BCUT2D eigenvalue weighted by Crippen LogP contribution is -2.39. The Bertz CT molecular complexity index is 931. The molecule has 0 saturated heterocycles. The van der Waals surface area contributed by atoms with Crippen LogP contribution in [0.1, 0.15) is 22.9 Å². The van der Waals surface area contributed by atoms with Crippen molar-refractivity contribution in [3.8, 4) is 0 Å². The highest BCUT2D eigenvalue weighted by Gasteiger charge is 2.14. The summed E-state index contributed by atoms with van der Waals surface area (Å²) in [6.07, 6.45) is 0. The monoisotopic (exact) mass is 371 g/mol. The zero-order chi connectivity index (χ0) is 17.8. The third kappa shape index (κ3) is 4.08. The number of H-pyrrole nitrogens is 1. The van der Waals surface area contributed by atoms with Gasteiger partial charge >= 0.3 is 0 Å². The molecule has 0 saturated carbocycles. The molecule has 0 aliphatic heterocycles. The summed E-state index contributed by atoms with van der Waals surface area (Å²) in [4.78, 5) is 18.8. The largest absolute Gasteiger partial charge is 0.363 e. The molecule has 0 fully saturated rings. The topological polar surface area (TPSA) is 48.1 Å². The van der Waals surface area contributed by atoms with E-state index in [1.54, 1.807) is 11.3 Å². The third-order valence-electron chi connectivity index (χ3n) is 4.07. The quantitative estimate of drug-likeness (QED) is 0.670. The average Bonchev–Trinajstić information content (AvgIpc) is 3.09. The predicted octanol–water partition coefficient (Wildman–Crippen LogP) is 3.79. The molecule has 2 heterocycles. The Morgan fingerprint density at radius 1 is 1.28 bits per heavy atom. The SMILES string of the molecule is CCNC(=S)N(Cc1cccs1)Cc1cc2cccc(C)c2[nH]c1=O. The number of thiophene rings is 1. The summed E-state index contributed by atoms with van der Waals surface area (Å²) in [7, 11) is 0. The molecule has 0 bridgehead atoms. The molecular formula is C19H21N3OS2. The van der Waals surface area contributed by atoms with Gasteiger partial charge in [0.25, 0.3) is 5.56 Å². The van der Waals surface area contributed by atoms with Crippen molar-refractivity contribution >= 4 is 39.6 Å². The Labute approximate surface area is 156 Å². The van der Waals surface area contributed by atoms with Crippen molar-refractivity contribution in [3.63, 3.8) is 0 Å². The highest BCUT2D eigenvalue weighted by molar-refractivity contribution is 7.80. The predicted molar refractivity (Wildman–Crippen MR) is 109 cm³/mol. The number of nitrogens with zero attached hydrogens (tertiary/aromatic N) is 1. The van der Waals surface area contributed by atoms with Crippen LogP contribution in [0.15, 0.2) is 46.6 Å². The Morgan fingerprint density at radius 3 is 2.84 bits per heavy atom. The van der Waals surface area contributed by atoms with Gasteiger partial charge in [-0.2, -0.15) is 0 Å². The van der Waals surface area contributed by atoms with Gasteiger partial charge in [-0.25, -0.2) is 0 Å². The third-order valence-corrected chi connectivity index (χ3v) is 5.33. The number of fused-ring (bicyclic) bond motifs is 1. The minimum absolute atomic E-state index is 0.0581. The summed E-state index contributed by atoms with van der Waals surface area (Å²) < 4.78 is 0. The summed E-state index contributed by atoms with van der Waals surface area (Å²) in [5.41, 5.74) is 2.63. The van der Waals surface area contributed by atoms with Crippen molar-refractivity contribution in [1.82, 2.24) is 15.2 Å². The number of hydrogen-bond acceptors (Lipinski definition) is 3.